The number of piperazine rings is 1. The van der Waals surface area contributed by atoms with Crippen LogP contribution in [0.2, 0.25) is 5.02 Å². The van der Waals surface area contributed by atoms with Gasteiger partial charge in [0.25, 0.3) is 11.8 Å². The van der Waals surface area contributed by atoms with Gasteiger partial charge in [-0.3, -0.25) is 19.7 Å². The van der Waals surface area contributed by atoms with Crippen LogP contribution in [-0.4, -0.2) is 57.7 Å². The van der Waals surface area contributed by atoms with Crippen molar-refractivity contribution in [2.75, 3.05) is 36.4 Å². The van der Waals surface area contributed by atoms with Crippen molar-refractivity contribution in [3.8, 4) is 0 Å². The van der Waals surface area contributed by atoms with Crippen LogP contribution < -0.4 is 15.6 Å². The zero-order valence-corrected chi connectivity index (χ0v) is 24.1. The average molecular weight is 595 g/mol. The van der Waals surface area contributed by atoms with E-state index in [1.807, 2.05) is 23.3 Å². The lowest BCUT2D eigenvalue weighted by molar-refractivity contribution is 0.0746. The van der Waals surface area contributed by atoms with E-state index in [1.54, 1.807) is 41.4 Å². The van der Waals surface area contributed by atoms with Crippen LogP contribution in [0.3, 0.4) is 0 Å². The molecule has 2 aliphatic rings. The van der Waals surface area contributed by atoms with Crippen LogP contribution in [0.15, 0.2) is 47.4 Å². The molecule has 0 bridgehead atoms. The van der Waals surface area contributed by atoms with E-state index >= 15 is 4.39 Å². The maximum absolute atomic E-state index is 15.6. The number of aromatic nitrogens is 3. The van der Waals surface area contributed by atoms with E-state index in [0.29, 0.717) is 53.1 Å². The van der Waals surface area contributed by atoms with Gasteiger partial charge in [0.2, 0.25) is 10.6 Å². The maximum Gasteiger partial charge on any atom is 0.262 e. The molecule has 9 nitrogen and oxygen atoms in total. The Kier molecular flexibility index (Phi) is 7.25. The van der Waals surface area contributed by atoms with Gasteiger partial charge in [-0.1, -0.05) is 42.9 Å². The van der Waals surface area contributed by atoms with Crippen LogP contribution in [0.4, 0.5) is 15.2 Å². The van der Waals surface area contributed by atoms with E-state index in [4.69, 9.17) is 11.6 Å². The first kappa shape index (κ1) is 27.3. The van der Waals surface area contributed by atoms with Crippen LogP contribution in [0.5, 0.6) is 0 Å². The summed E-state index contributed by atoms with van der Waals surface area (Å²) in [6, 6.07) is 9.88. The van der Waals surface area contributed by atoms with Crippen molar-refractivity contribution < 1.29 is 14.0 Å². The number of amides is 2. The summed E-state index contributed by atoms with van der Waals surface area (Å²) in [6.45, 7) is 5.66. The first-order chi connectivity index (χ1) is 19.7. The second kappa shape index (κ2) is 10.9. The second-order valence-electron chi connectivity index (χ2n) is 10.7. The smallest absolute Gasteiger partial charge is 0.262 e. The van der Waals surface area contributed by atoms with Crippen LogP contribution in [0.1, 0.15) is 64.4 Å². The molecule has 212 valence electrons. The molecule has 1 saturated carbocycles. The van der Waals surface area contributed by atoms with Gasteiger partial charge in [-0.15, -0.1) is 10.2 Å². The van der Waals surface area contributed by atoms with Gasteiger partial charge >= 0.3 is 0 Å². The molecule has 2 amide bonds. The predicted octanol–water partition coefficient (Wildman–Crippen LogP) is 5.32. The van der Waals surface area contributed by atoms with Crippen LogP contribution in [0, 0.1) is 5.82 Å². The first-order valence-corrected chi connectivity index (χ1v) is 14.7. The fourth-order valence-electron chi connectivity index (χ4n) is 5.05. The largest absolute Gasteiger partial charge is 0.366 e. The van der Waals surface area contributed by atoms with E-state index < -0.39 is 17.2 Å². The minimum atomic E-state index is -0.595. The monoisotopic (exact) mass is 594 g/mol. The lowest BCUT2D eigenvalue weighted by Crippen LogP contribution is -2.49. The summed E-state index contributed by atoms with van der Waals surface area (Å²) in [7, 11) is 0. The van der Waals surface area contributed by atoms with Gasteiger partial charge in [-0.25, -0.2) is 4.39 Å². The summed E-state index contributed by atoms with van der Waals surface area (Å²) >= 11 is 7.31. The molecule has 1 N–H and O–H groups in total. The highest BCUT2D eigenvalue weighted by Crippen LogP contribution is 2.38. The van der Waals surface area contributed by atoms with E-state index in [1.165, 1.54) is 17.4 Å². The number of hydrogen-bond acceptors (Lipinski definition) is 7. The van der Waals surface area contributed by atoms with Gasteiger partial charge in [0.05, 0.1) is 11.2 Å². The van der Waals surface area contributed by atoms with E-state index in [0.717, 1.165) is 17.8 Å². The van der Waals surface area contributed by atoms with Gasteiger partial charge in [0, 0.05) is 60.3 Å². The Hall–Kier alpha value is -3.83. The molecule has 0 atom stereocenters. The number of nitrogens with zero attached hydrogens (tertiary/aromatic N) is 5. The molecule has 2 aromatic heterocycles. The Morgan fingerprint density at radius 3 is 2.51 bits per heavy atom. The first-order valence-electron chi connectivity index (χ1n) is 13.5. The third kappa shape index (κ3) is 5.43. The Morgan fingerprint density at radius 1 is 1.10 bits per heavy atom. The minimum absolute atomic E-state index is 0.0639. The lowest BCUT2D eigenvalue weighted by atomic mass is 10.1. The molecule has 12 heteroatoms. The molecule has 1 aliphatic carbocycles. The molecular formula is C29H28ClFN6O3S. The van der Waals surface area contributed by atoms with Crippen molar-refractivity contribution in [1.82, 2.24) is 19.7 Å². The molecule has 2 aromatic carbocycles. The highest BCUT2D eigenvalue weighted by molar-refractivity contribution is 7.15. The van der Waals surface area contributed by atoms with Crippen molar-refractivity contribution in [2.45, 2.75) is 38.6 Å². The maximum atomic E-state index is 15.6. The Bertz CT molecular complexity index is 1730. The normalized spacial score (nSPS) is 15.5. The molecule has 0 radical (unpaired) electrons. The van der Waals surface area contributed by atoms with Crippen molar-refractivity contribution in [3.63, 3.8) is 0 Å². The van der Waals surface area contributed by atoms with Crippen LogP contribution in [0.25, 0.3) is 10.9 Å². The molecule has 0 spiro atoms. The van der Waals surface area contributed by atoms with Gasteiger partial charge < -0.3 is 14.4 Å². The van der Waals surface area contributed by atoms with Crippen molar-refractivity contribution in [3.05, 3.63) is 79.8 Å². The minimum Gasteiger partial charge on any atom is -0.366 e. The summed E-state index contributed by atoms with van der Waals surface area (Å²) in [4.78, 5) is 43.1. The van der Waals surface area contributed by atoms with Gasteiger partial charge in [0.15, 0.2) is 0 Å². The molecule has 2 fully saturated rings. The summed E-state index contributed by atoms with van der Waals surface area (Å²) < 4.78 is 17.5. The summed E-state index contributed by atoms with van der Waals surface area (Å²) in [5.41, 5.74) is 0.869. The Morgan fingerprint density at radius 2 is 1.85 bits per heavy atom. The summed E-state index contributed by atoms with van der Waals surface area (Å²) in [5, 5.41) is 12.5. The number of fused-ring (bicyclic) bond motifs is 1. The highest BCUT2D eigenvalue weighted by Gasteiger charge is 2.29. The standard InChI is InChI=1S/C29H28ClFN6O3S/c1-16(2)27-33-34-29(41-27)32-26(39)21-15-37(19-6-7-19)23-14-24(22(31)13-20(23)25(21)38)35-8-10-36(11-9-35)28(40)17-4-3-5-18(30)12-17/h3-5,12-16,19H,6-11H2,1-2H3,(H,32,34,39). The SMILES string of the molecule is CC(C)c1nnc(NC(=O)c2cn(C3CC3)c3cc(N4CCN(C(=O)c5cccc(Cl)c5)CC4)c(F)cc3c2=O)s1. The second-order valence-corrected chi connectivity index (χ2v) is 12.1. The molecule has 41 heavy (non-hydrogen) atoms. The number of pyridine rings is 1. The van der Waals surface area contributed by atoms with E-state index in [9.17, 15) is 14.4 Å². The zero-order chi connectivity index (χ0) is 28.8. The average Bonchev–Trinajstić information content (AvgIpc) is 3.70. The molecular weight excluding hydrogens is 567 g/mol. The zero-order valence-electron chi connectivity index (χ0n) is 22.6. The summed E-state index contributed by atoms with van der Waals surface area (Å²) in [6.07, 6.45) is 3.39. The fourth-order valence-corrected chi connectivity index (χ4v) is 5.99. The van der Waals surface area contributed by atoms with Crippen molar-refractivity contribution in [2.24, 2.45) is 0 Å². The Labute approximate surface area is 244 Å². The number of rotatable bonds is 6. The molecule has 4 aromatic rings. The van der Waals surface area contributed by atoms with E-state index in [2.05, 4.69) is 15.5 Å². The molecule has 1 saturated heterocycles. The number of nitrogens with one attached hydrogen (secondary N) is 1. The van der Waals surface area contributed by atoms with Gasteiger partial charge in [0.1, 0.15) is 16.4 Å². The molecule has 6 rings (SSSR count). The summed E-state index contributed by atoms with van der Waals surface area (Å²) in [5.74, 6) is -1.10. The molecule has 3 heterocycles. The quantitative estimate of drug-likeness (QED) is 0.324. The van der Waals surface area contributed by atoms with Gasteiger partial charge in [-0.2, -0.15) is 0 Å². The third-order valence-corrected chi connectivity index (χ3v) is 8.79. The topological polar surface area (TPSA) is 100 Å². The molecule has 1 aliphatic heterocycles. The predicted molar refractivity (Wildman–Crippen MR) is 158 cm³/mol. The number of halogens is 2. The van der Waals surface area contributed by atoms with Crippen molar-refractivity contribution in [1.29, 1.82) is 0 Å². The number of carbonyl (C=O) groups excluding carboxylic acids is 2. The highest BCUT2D eigenvalue weighted by atomic mass is 35.5. The third-order valence-electron chi connectivity index (χ3n) is 7.42. The van der Waals surface area contributed by atoms with Crippen molar-refractivity contribution >= 4 is 56.5 Å². The fraction of sp³-hybridized carbons (Fsp3) is 0.345. The number of benzene rings is 2. The molecule has 0 unspecified atom stereocenters. The van der Waals surface area contributed by atoms with Gasteiger partial charge in [-0.05, 0) is 43.2 Å². The van der Waals surface area contributed by atoms with Crippen LogP contribution in [-0.2, 0) is 0 Å². The number of anilines is 2. The van der Waals surface area contributed by atoms with Crippen LogP contribution >= 0.6 is 22.9 Å². The van der Waals surface area contributed by atoms with E-state index in [-0.39, 0.29) is 28.8 Å². The number of hydrogen-bond donors (Lipinski definition) is 1. The Balaban J connectivity index is 1.27. The lowest BCUT2D eigenvalue weighted by Gasteiger charge is -2.36. The number of carbonyl (C=O) groups is 2.